The predicted molar refractivity (Wildman–Crippen MR) is 43.9 cm³/mol. The second kappa shape index (κ2) is 3.65. The lowest BCUT2D eigenvalue weighted by molar-refractivity contribution is -0.132. The second-order valence-corrected chi connectivity index (χ2v) is 2.33. The molecule has 1 rings (SSSR count). The first kappa shape index (κ1) is 10.5. The number of carboxylic acid groups (broad SMARTS) is 3. The summed E-state index contributed by atoms with van der Waals surface area (Å²) in [4.78, 5) is 31.5. The van der Waals surface area contributed by atoms with E-state index in [1.165, 1.54) is 0 Å². The van der Waals surface area contributed by atoms with Crippen LogP contribution in [0.1, 0.15) is 0 Å². The lowest BCUT2D eigenvalue weighted by Crippen LogP contribution is -2.44. The van der Waals surface area contributed by atoms with Crippen LogP contribution in [0.25, 0.3) is 0 Å². The molecule has 1 aliphatic rings. The first-order valence-corrected chi connectivity index (χ1v) is 3.47. The van der Waals surface area contributed by atoms with Gasteiger partial charge < -0.3 is 15.3 Å². The summed E-state index contributed by atoms with van der Waals surface area (Å²) >= 11 is 0. The van der Waals surface area contributed by atoms with Crippen LogP contribution in [0.4, 0.5) is 9.59 Å². The smallest absolute Gasteiger partial charge is 0.448 e. The third-order valence-corrected chi connectivity index (χ3v) is 1.39. The zero-order valence-electron chi connectivity index (χ0n) is 7.06. The van der Waals surface area contributed by atoms with Crippen molar-refractivity contribution in [3.63, 3.8) is 0 Å². The van der Waals surface area contributed by atoms with Gasteiger partial charge in [0.05, 0.1) is 18.0 Å². The highest BCUT2D eigenvalue weighted by Gasteiger charge is 2.28. The number of carbonyl (C=O) groups is 3. The number of hydrazine groups is 1. The normalized spacial score (nSPS) is 14.8. The van der Waals surface area contributed by atoms with Crippen LogP contribution in [-0.4, -0.2) is 49.8 Å². The van der Waals surface area contributed by atoms with Gasteiger partial charge in [-0.3, -0.25) is 0 Å². The Labute approximate surface area is 82.1 Å². The fourth-order valence-corrected chi connectivity index (χ4v) is 0.781. The highest BCUT2D eigenvalue weighted by molar-refractivity contribution is 6.09. The molecule has 0 fully saturated rings. The monoisotopic (exact) mass is 215 g/mol. The second-order valence-electron chi connectivity index (χ2n) is 2.33. The summed E-state index contributed by atoms with van der Waals surface area (Å²) in [7, 11) is 0. The molecule has 2 amide bonds. The zero-order chi connectivity index (χ0) is 11.6. The molecule has 0 aromatic rings. The molecule has 1 aliphatic heterocycles. The molecule has 9 heteroatoms. The van der Waals surface area contributed by atoms with Gasteiger partial charge in [0.25, 0.3) is 0 Å². The highest BCUT2D eigenvalue weighted by Crippen LogP contribution is 2.10. The van der Waals surface area contributed by atoms with Crippen LogP contribution >= 0.6 is 0 Å². The molecule has 0 radical (unpaired) electrons. The molecule has 3 N–H and O–H groups in total. The fourth-order valence-electron chi connectivity index (χ4n) is 0.781. The molecule has 0 aromatic heterocycles. The van der Waals surface area contributed by atoms with Gasteiger partial charge in [-0.05, 0) is 0 Å². The molecular weight excluding hydrogens is 210 g/mol. The summed E-state index contributed by atoms with van der Waals surface area (Å²) in [5, 5.41) is 29.0. The van der Waals surface area contributed by atoms with Crippen LogP contribution in [-0.2, 0) is 4.79 Å². The van der Waals surface area contributed by atoms with Gasteiger partial charge in [-0.1, -0.05) is 5.12 Å². The Bertz CT molecular complexity index is 386. The van der Waals surface area contributed by atoms with Gasteiger partial charge in [-0.15, -0.1) is 0 Å². The van der Waals surface area contributed by atoms with Gasteiger partial charge in [0.1, 0.15) is 0 Å². The van der Waals surface area contributed by atoms with E-state index in [4.69, 9.17) is 15.3 Å². The molecule has 0 atom stereocenters. The first-order chi connectivity index (χ1) is 6.93. The minimum absolute atomic E-state index is 0.0920. The van der Waals surface area contributed by atoms with Crippen molar-refractivity contribution in [3.05, 3.63) is 11.8 Å². The Morgan fingerprint density at radius 2 is 1.73 bits per heavy atom. The van der Waals surface area contributed by atoms with Gasteiger partial charge in [0.2, 0.25) is 0 Å². The number of aliphatic carboxylic acids is 1. The van der Waals surface area contributed by atoms with E-state index in [1.54, 1.807) is 0 Å². The van der Waals surface area contributed by atoms with Gasteiger partial charge in [0, 0.05) is 0 Å². The summed E-state index contributed by atoms with van der Waals surface area (Å²) in [6.45, 7) is 0. The average Bonchev–Trinajstić information content (AvgIpc) is 2.16. The lowest BCUT2D eigenvalue weighted by Gasteiger charge is -2.25. The van der Waals surface area contributed by atoms with E-state index in [9.17, 15) is 14.4 Å². The van der Waals surface area contributed by atoms with Crippen molar-refractivity contribution < 1.29 is 29.7 Å². The third-order valence-electron chi connectivity index (χ3n) is 1.39. The summed E-state index contributed by atoms with van der Waals surface area (Å²) in [5.41, 5.74) is -0.435. The van der Waals surface area contributed by atoms with Crippen LogP contribution < -0.4 is 0 Å². The SMILES string of the molecule is O=C(O)C1=CN(C(=O)O)N(C(=O)O)N=C1. The molecule has 0 aromatic carbocycles. The minimum Gasteiger partial charge on any atom is -0.478 e. The predicted octanol–water partition coefficient (Wildman–Crippen LogP) is -0.171. The summed E-state index contributed by atoms with van der Waals surface area (Å²) in [6, 6.07) is 0. The Kier molecular flexibility index (Phi) is 2.56. The fraction of sp³-hybridized carbons (Fsp3) is 0. The minimum atomic E-state index is -1.66. The molecule has 0 bridgehead atoms. The van der Waals surface area contributed by atoms with Gasteiger partial charge >= 0.3 is 18.2 Å². The quantitative estimate of drug-likeness (QED) is 0.556. The average molecular weight is 215 g/mol. The van der Waals surface area contributed by atoms with Crippen molar-refractivity contribution >= 4 is 24.4 Å². The number of carboxylic acids is 1. The van der Waals surface area contributed by atoms with E-state index < -0.39 is 23.7 Å². The number of hydrogen-bond donors (Lipinski definition) is 3. The number of hydrazone groups is 1. The Hall–Kier alpha value is -2.58. The number of amides is 2. The largest absolute Gasteiger partial charge is 0.478 e. The third kappa shape index (κ3) is 2.02. The van der Waals surface area contributed by atoms with E-state index in [2.05, 4.69) is 5.10 Å². The first-order valence-electron chi connectivity index (χ1n) is 3.47. The van der Waals surface area contributed by atoms with E-state index in [0.717, 1.165) is 6.21 Å². The molecule has 15 heavy (non-hydrogen) atoms. The van der Waals surface area contributed by atoms with Crippen molar-refractivity contribution in [3.8, 4) is 0 Å². The summed E-state index contributed by atoms with van der Waals surface area (Å²) in [5.74, 6) is -1.41. The maximum Gasteiger partial charge on any atom is 0.448 e. The van der Waals surface area contributed by atoms with E-state index >= 15 is 0 Å². The van der Waals surface area contributed by atoms with E-state index in [-0.39, 0.29) is 10.1 Å². The molecule has 0 unspecified atom stereocenters. The van der Waals surface area contributed by atoms with Crippen LogP contribution in [0.3, 0.4) is 0 Å². The summed E-state index contributed by atoms with van der Waals surface area (Å²) in [6.07, 6.45) is -1.94. The van der Waals surface area contributed by atoms with Gasteiger partial charge in [0.15, 0.2) is 0 Å². The molecular formula is C6H5N3O6. The van der Waals surface area contributed by atoms with Crippen LogP contribution in [0.5, 0.6) is 0 Å². The van der Waals surface area contributed by atoms with Gasteiger partial charge in [-0.25, -0.2) is 14.4 Å². The molecule has 0 saturated heterocycles. The Morgan fingerprint density at radius 3 is 2.13 bits per heavy atom. The zero-order valence-corrected chi connectivity index (χ0v) is 7.06. The standard InChI is InChI=1S/C6H5N3O6/c10-4(11)3-1-7-9(6(14)15)8(2-3)5(12)13/h1-2H,(H,10,11)(H,12,13)(H,14,15). The van der Waals surface area contributed by atoms with E-state index in [1.807, 2.05) is 0 Å². The van der Waals surface area contributed by atoms with Crippen molar-refractivity contribution in [1.29, 1.82) is 0 Å². The maximum atomic E-state index is 10.5. The van der Waals surface area contributed by atoms with Crippen molar-refractivity contribution in [2.24, 2.45) is 5.10 Å². The number of nitrogens with zero attached hydrogens (tertiary/aromatic N) is 3. The van der Waals surface area contributed by atoms with E-state index in [0.29, 0.717) is 6.20 Å². The Balaban J connectivity index is 3.04. The van der Waals surface area contributed by atoms with Crippen molar-refractivity contribution in [2.45, 2.75) is 0 Å². The molecule has 9 nitrogen and oxygen atoms in total. The van der Waals surface area contributed by atoms with Crippen molar-refractivity contribution in [1.82, 2.24) is 10.1 Å². The van der Waals surface area contributed by atoms with Crippen LogP contribution in [0, 0.1) is 0 Å². The molecule has 80 valence electrons. The highest BCUT2D eigenvalue weighted by atomic mass is 16.4. The van der Waals surface area contributed by atoms with Crippen LogP contribution in [0.2, 0.25) is 0 Å². The molecule has 0 saturated carbocycles. The number of rotatable bonds is 1. The lowest BCUT2D eigenvalue weighted by atomic mass is 10.3. The molecule has 0 spiro atoms. The van der Waals surface area contributed by atoms with Crippen LogP contribution in [0.15, 0.2) is 16.9 Å². The summed E-state index contributed by atoms with van der Waals surface area (Å²) < 4.78 is 0. The molecule has 1 heterocycles. The topological polar surface area (TPSA) is 131 Å². The number of hydrogen-bond acceptors (Lipinski definition) is 4. The Morgan fingerprint density at radius 1 is 1.13 bits per heavy atom. The van der Waals surface area contributed by atoms with Crippen molar-refractivity contribution in [2.75, 3.05) is 0 Å². The van der Waals surface area contributed by atoms with Gasteiger partial charge in [-0.2, -0.15) is 10.1 Å². The molecule has 0 aliphatic carbocycles. The maximum absolute atomic E-state index is 10.5.